The molecule has 0 amide bonds. The van der Waals surface area contributed by atoms with Crippen LogP contribution in [-0.2, 0) is 6.42 Å². The standard InChI is InChI=1S/C17H18O/c1-3-13(2)16-11-7-10-15(17(16)18)12-14-8-5-4-6-9-14/h3-11,13,18H,1,12H2,2H3. The maximum absolute atomic E-state index is 10.3. The largest absolute Gasteiger partial charge is 0.507 e. The number of benzene rings is 2. The van der Waals surface area contributed by atoms with Crippen LogP contribution in [0.4, 0.5) is 0 Å². The van der Waals surface area contributed by atoms with Crippen LogP contribution in [0.15, 0.2) is 61.2 Å². The van der Waals surface area contributed by atoms with Crippen molar-refractivity contribution in [2.75, 3.05) is 0 Å². The van der Waals surface area contributed by atoms with Crippen molar-refractivity contribution in [1.29, 1.82) is 0 Å². The van der Waals surface area contributed by atoms with Crippen LogP contribution >= 0.6 is 0 Å². The minimum Gasteiger partial charge on any atom is -0.507 e. The Morgan fingerprint density at radius 1 is 1.11 bits per heavy atom. The summed E-state index contributed by atoms with van der Waals surface area (Å²) >= 11 is 0. The molecule has 1 nitrogen and oxygen atoms in total. The third-order valence-corrected chi connectivity index (χ3v) is 3.23. The topological polar surface area (TPSA) is 20.2 Å². The van der Waals surface area contributed by atoms with Crippen molar-refractivity contribution in [3.8, 4) is 5.75 Å². The van der Waals surface area contributed by atoms with E-state index >= 15 is 0 Å². The Kier molecular flexibility index (Phi) is 3.83. The number of rotatable bonds is 4. The van der Waals surface area contributed by atoms with Crippen molar-refractivity contribution in [3.05, 3.63) is 77.9 Å². The molecule has 0 aliphatic rings. The fourth-order valence-electron chi connectivity index (χ4n) is 2.06. The summed E-state index contributed by atoms with van der Waals surface area (Å²) < 4.78 is 0. The van der Waals surface area contributed by atoms with Gasteiger partial charge in [-0.05, 0) is 11.1 Å². The second-order valence-corrected chi connectivity index (χ2v) is 4.54. The average Bonchev–Trinajstić information content (AvgIpc) is 2.41. The predicted molar refractivity (Wildman–Crippen MR) is 76.0 cm³/mol. The molecule has 0 saturated carbocycles. The number of phenols is 1. The zero-order chi connectivity index (χ0) is 13.0. The Morgan fingerprint density at radius 3 is 2.50 bits per heavy atom. The fraction of sp³-hybridized carbons (Fsp3) is 0.176. The van der Waals surface area contributed by atoms with E-state index in [2.05, 4.69) is 18.7 Å². The Hall–Kier alpha value is -2.02. The quantitative estimate of drug-likeness (QED) is 0.788. The van der Waals surface area contributed by atoms with Crippen LogP contribution < -0.4 is 0 Å². The molecule has 1 heteroatoms. The van der Waals surface area contributed by atoms with Gasteiger partial charge < -0.3 is 5.11 Å². The van der Waals surface area contributed by atoms with Crippen LogP contribution in [0.3, 0.4) is 0 Å². The molecular formula is C17H18O. The van der Waals surface area contributed by atoms with Crippen LogP contribution in [-0.4, -0.2) is 5.11 Å². The molecule has 1 atom stereocenters. The highest BCUT2D eigenvalue weighted by Gasteiger charge is 2.11. The molecule has 0 aliphatic carbocycles. The fourth-order valence-corrected chi connectivity index (χ4v) is 2.06. The first-order chi connectivity index (χ1) is 8.72. The second kappa shape index (κ2) is 5.54. The van der Waals surface area contributed by atoms with Gasteiger partial charge >= 0.3 is 0 Å². The van der Waals surface area contributed by atoms with Crippen LogP contribution in [0, 0.1) is 0 Å². The van der Waals surface area contributed by atoms with Gasteiger partial charge in [0, 0.05) is 17.9 Å². The molecule has 0 saturated heterocycles. The van der Waals surface area contributed by atoms with E-state index in [0.29, 0.717) is 5.75 Å². The lowest BCUT2D eigenvalue weighted by Crippen LogP contribution is -1.95. The zero-order valence-corrected chi connectivity index (χ0v) is 10.6. The van der Waals surface area contributed by atoms with Gasteiger partial charge in [0.25, 0.3) is 0 Å². The maximum Gasteiger partial charge on any atom is 0.122 e. The Bertz CT molecular complexity index is 529. The van der Waals surface area contributed by atoms with Crippen LogP contribution in [0.25, 0.3) is 0 Å². The van der Waals surface area contributed by atoms with Gasteiger partial charge in [-0.2, -0.15) is 0 Å². The summed E-state index contributed by atoms with van der Waals surface area (Å²) in [5, 5.41) is 10.3. The molecule has 0 heterocycles. The van der Waals surface area contributed by atoms with E-state index in [1.165, 1.54) is 5.56 Å². The van der Waals surface area contributed by atoms with Crippen LogP contribution in [0.5, 0.6) is 5.75 Å². The lowest BCUT2D eigenvalue weighted by Gasteiger charge is -2.13. The second-order valence-electron chi connectivity index (χ2n) is 4.54. The number of para-hydroxylation sites is 1. The predicted octanol–water partition coefficient (Wildman–Crippen LogP) is 4.27. The molecule has 0 radical (unpaired) electrons. The first kappa shape index (κ1) is 12.4. The summed E-state index contributed by atoms with van der Waals surface area (Å²) in [6.07, 6.45) is 2.60. The number of aromatic hydroxyl groups is 1. The molecule has 2 rings (SSSR count). The summed E-state index contributed by atoms with van der Waals surface area (Å²) in [5.41, 5.74) is 3.11. The average molecular weight is 238 g/mol. The van der Waals surface area contributed by atoms with E-state index in [1.807, 2.05) is 49.4 Å². The molecule has 0 bridgehead atoms. The molecule has 18 heavy (non-hydrogen) atoms. The molecule has 0 aliphatic heterocycles. The third-order valence-electron chi connectivity index (χ3n) is 3.23. The highest BCUT2D eigenvalue weighted by Crippen LogP contribution is 2.30. The normalized spacial score (nSPS) is 12.1. The molecule has 92 valence electrons. The lowest BCUT2D eigenvalue weighted by molar-refractivity contribution is 0.461. The van der Waals surface area contributed by atoms with Gasteiger partial charge in [0.15, 0.2) is 0 Å². The molecule has 0 aromatic heterocycles. The van der Waals surface area contributed by atoms with Crippen molar-refractivity contribution in [2.24, 2.45) is 0 Å². The van der Waals surface area contributed by atoms with Crippen molar-refractivity contribution in [3.63, 3.8) is 0 Å². The van der Waals surface area contributed by atoms with Gasteiger partial charge in [0.05, 0.1) is 0 Å². The smallest absolute Gasteiger partial charge is 0.122 e. The van der Waals surface area contributed by atoms with Crippen molar-refractivity contribution < 1.29 is 5.11 Å². The van der Waals surface area contributed by atoms with Crippen molar-refractivity contribution in [1.82, 2.24) is 0 Å². The van der Waals surface area contributed by atoms with Gasteiger partial charge in [0.1, 0.15) is 5.75 Å². The van der Waals surface area contributed by atoms with E-state index in [4.69, 9.17) is 0 Å². The van der Waals surface area contributed by atoms with Gasteiger partial charge in [-0.3, -0.25) is 0 Å². The first-order valence-corrected chi connectivity index (χ1v) is 6.19. The third kappa shape index (κ3) is 2.62. The number of hydrogen-bond acceptors (Lipinski definition) is 1. The summed E-state index contributed by atoms with van der Waals surface area (Å²) in [5.74, 6) is 0.564. The molecule has 0 spiro atoms. The van der Waals surface area contributed by atoms with Crippen molar-refractivity contribution >= 4 is 0 Å². The number of phenolic OH excluding ortho intramolecular Hbond substituents is 1. The van der Waals surface area contributed by atoms with Gasteiger partial charge in [-0.25, -0.2) is 0 Å². The minimum absolute atomic E-state index is 0.167. The van der Waals surface area contributed by atoms with Gasteiger partial charge in [-0.15, -0.1) is 6.58 Å². The molecule has 1 N–H and O–H groups in total. The highest BCUT2D eigenvalue weighted by atomic mass is 16.3. The molecule has 1 unspecified atom stereocenters. The zero-order valence-electron chi connectivity index (χ0n) is 10.6. The van der Waals surface area contributed by atoms with Gasteiger partial charge in [0.2, 0.25) is 0 Å². The Morgan fingerprint density at radius 2 is 1.83 bits per heavy atom. The van der Waals surface area contributed by atoms with Gasteiger partial charge in [-0.1, -0.05) is 61.5 Å². The summed E-state index contributed by atoms with van der Waals surface area (Å²) in [6.45, 7) is 5.82. The molecule has 0 fully saturated rings. The summed E-state index contributed by atoms with van der Waals surface area (Å²) in [6, 6.07) is 16.1. The molecule has 2 aromatic rings. The molecular weight excluding hydrogens is 220 g/mol. The lowest BCUT2D eigenvalue weighted by atomic mass is 9.95. The highest BCUT2D eigenvalue weighted by molar-refractivity contribution is 5.45. The van der Waals surface area contributed by atoms with E-state index in [1.54, 1.807) is 0 Å². The monoisotopic (exact) mass is 238 g/mol. The van der Waals surface area contributed by atoms with E-state index < -0.39 is 0 Å². The Labute approximate surface area is 108 Å². The maximum atomic E-state index is 10.3. The molecule has 2 aromatic carbocycles. The number of hydrogen-bond donors (Lipinski definition) is 1. The Balaban J connectivity index is 2.32. The SMILES string of the molecule is C=CC(C)c1cccc(Cc2ccccc2)c1O. The number of allylic oxidation sites excluding steroid dienone is 1. The van der Waals surface area contributed by atoms with E-state index in [-0.39, 0.29) is 5.92 Å². The first-order valence-electron chi connectivity index (χ1n) is 6.19. The summed E-state index contributed by atoms with van der Waals surface area (Å²) in [4.78, 5) is 0. The minimum atomic E-state index is 0.167. The summed E-state index contributed by atoms with van der Waals surface area (Å²) in [7, 11) is 0. The van der Waals surface area contributed by atoms with E-state index in [0.717, 1.165) is 17.5 Å². The van der Waals surface area contributed by atoms with E-state index in [9.17, 15) is 5.11 Å². The van der Waals surface area contributed by atoms with Crippen LogP contribution in [0.1, 0.15) is 29.5 Å². The van der Waals surface area contributed by atoms with Crippen LogP contribution in [0.2, 0.25) is 0 Å². The van der Waals surface area contributed by atoms with Crippen molar-refractivity contribution in [2.45, 2.75) is 19.3 Å².